The number of hydrogen-bond acceptors (Lipinski definition) is 7. The number of nitrogens with zero attached hydrogens (tertiary/aromatic N) is 5. The Labute approximate surface area is 212 Å². The van der Waals surface area contributed by atoms with E-state index in [-0.39, 0.29) is 12.1 Å². The normalized spacial score (nSPS) is 19.1. The van der Waals surface area contributed by atoms with Crippen molar-refractivity contribution in [3.05, 3.63) is 35.5 Å². The van der Waals surface area contributed by atoms with Crippen molar-refractivity contribution < 1.29 is 9.53 Å². The van der Waals surface area contributed by atoms with Crippen molar-refractivity contribution in [1.29, 1.82) is 0 Å². The van der Waals surface area contributed by atoms with Gasteiger partial charge in [0, 0.05) is 18.8 Å². The number of fused-ring (bicyclic) bond motifs is 1. The van der Waals surface area contributed by atoms with Gasteiger partial charge in [0.25, 0.3) is 0 Å². The highest BCUT2D eigenvalue weighted by atomic mass is 16.5. The van der Waals surface area contributed by atoms with Gasteiger partial charge >= 0.3 is 12.5 Å². The summed E-state index contributed by atoms with van der Waals surface area (Å²) >= 11 is 0. The minimum absolute atomic E-state index is 0.0112. The second kappa shape index (κ2) is 10.4. The van der Waals surface area contributed by atoms with Gasteiger partial charge in [0.1, 0.15) is 11.2 Å². The number of hydrogen-bond donors (Lipinski definition) is 1. The summed E-state index contributed by atoms with van der Waals surface area (Å²) in [7, 11) is 0. The second-order valence-electron chi connectivity index (χ2n) is 10.7. The summed E-state index contributed by atoms with van der Waals surface area (Å²) in [6.07, 6.45) is 11.2. The van der Waals surface area contributed by atoms with E-state index in [1.54, 1.807) is 0 Å². The summed E-state index contributed by atoms with van der Waals surface area (Å²) in [5.74, 6) is 2.91. The molecule has 1 N–H and O–H groups in total. The van der Waals surface area contributed by atoms with Crippen LogP contribution in [0.15, 0.2) is 30.0 Å². The third-order valence-corrected chi connectivity index (χ3v) is 7.82. The molecule has 0 aliphatic heterocycles. The van der Waals surface area contributed by atoms with E-state index in [2.05, 4.69) is 65.8 Å². The highest BCUT2D eigenvalue weighted by Gasteiger charge is 2.28. The van der Waals surface area contributed by atoms with Gasteiger partial charge in [-0.05, 0) is 81.4 Å². The highest BCUT2D eigenvalue weighted by molar-refractivity contribution is 5.87. The number of aromatic nitrogens is 5. The summed E-state index contributed by atoms with van der Waals surface area (Å²) in [5, 5.41) is 3.62. The molecule has 1 saturated carbocycles. The molecule has 3 aromatic rings. The lowest BCUT2D eigenvalue weighted by atomic mass is 9.80. The molecule has 0 radical (unpaired) electrons. The predicted molar refractivity (Wildman–Crippen MR) is 141 cm³/mol. The zero-order valence-corrected chi connectivity index (χ0v) is 21.7. The smallest absolute Gasteiger partial charge is 0.328 e. The monoisotopic (exact) mass is 488 g/mol. The second-order valence-corrected chi connectivity index (χ2v) is 10.7. The molecule has 1 fully saturated rings. The van der Waals surface area contributed by atoms with Crippen molar-refractivity contribution in [3.8, 4) is 17.5 Å². The molecule has 2 aliphatic rings. The first-order valence-corrected chi connectivity index (χ1v) is 13.2. The Balaban J connectivity index is 1.65. The quantitative estimate of drug-likeness (QED) is 0.296. The average molecular weight is 489 g/mol. The molecule has 2 atom stereocenters. The molecule has 0 saturated heterocycles. The topological polar surface area (TPSA) is 94.8 Å². The van der Waals surface area contributed by atoms with E-state index in [0.717, 1.165) is 42.8 Å². The van der Waals surface area contributed by atoms with Gasteiger partial charge in [0.15, 0.2) is 17.3 Å². The molecule has 8 nitrogen and oxygen atoms in total. The van der Waals surface area contributed by atoms with Gasteiger partial charge in [0.05, 0.1) is 0 Å². The lowest BCUT2D eigenvalue weighted by Crippen LogP contribution is -2.31. The largest absolute Gasteiger partial charge is 0.393 e. The first-order valence-electron chi connectivity index (χ1n) is 13.2. The number of allylic oxidation sites excluding steroid dienone is 2. The van der Waals surface area contributed by atoms with Crippen molar-refractivity contribution in [2.75, 3.05) is 5.32 Å². The Kier molecular flexibility index (Phi) is 7.03. The molecule has 36 heavy (non-hydrogen) atoms. The third-order valence-electron chi connectivity index (χ3n) is 7.82. The fourth-order valence-corrected chi connectivity index (χ4v) is 5.23. The fraction of sp³-hybridized carbons (Fsp3) is 0.536. The van der Waals surface area contributed by atoms with Crippen molar-refractivity contribution in [1.82, 2.24) is 24.5 Å². The van der Waals surface area contributed by atoms with Gasteiger partial charge in [-0.1, -0.05) is 31.9 Å². The third kappa shape index (κ3) is 4.99. The summed E-state index contributed by atoms with van der Waals surface area (Å²) in [6.45, 7) is 9.92. The van der Waals surface area contributed by atoms with Crippen LogP contribution in [0.4, 0.5) is 5.82 Å². The summed E-state index contributed by atoms with van der Waals surface area (Å²) < 4.78 is 7.33. The Morgan fingerprint density at radius 1 is 1.19 bits per heavy atom. The Bertz CT molecular complexity index is 1280. The number of anilines is 1. The van der Waals surface area contributed by atoms with Gasteiger partial charge in [-0.15, -0.1) is 0 Å². The summed E-state index contributed by atoms with van der Waals surface area (Å²) in [5.41, 5.74) is 4.85. The average Bonchev–Trinajstić information content (AvgIpc) is 3.18. The highest BCUT2D eigenvalue weighted by Crippen LogP contribution is 2.35. The van der Waals surface area contributed by atoms with E-state index in [1.165, 1.54) is 30.4 Å². The molecule has 1 unspecified atom stereocenters. The van der Waals surface area contributed by atoms with Crippen LogP contribution in [0, 0.1) is 11.8 Å². The molecular formula is C28H36N6O2. The van der Waals surface area contributed by atoms with Gasteiger partial charge in [-0.2, -0.15) is 9.97 Å². The van der Waals surface area contributed by atoms with E-state index in [9.17, 15) is 4.79 Å². The van der Waals surface area contributed by atoms with E-state index < -0.39 is 0 Å². The van der Waals surface area contributed by atoms with E-state index in [4.69, 9.17) is 14.7 Å². The van der Waals surface area contributed by atoms with Gasteiger partial charge in [0.2, 0.25) is 0 Å². The van der Waals surface area contributed by atoms with Crippen LogP contribution in [0.3, 0.4) is 0 Å². The first-order chi connectivity index (χ1) is 17.4. The van der Waals surface area contributed by atoms with Gasteiger partial charge < -0.3 is 14.6 Å². The first kappa shape index (κ1) is 24.4. The Morgan fingerprint density at radius 2 is 2.03 bits per heavy atom. The van der Waals surface area contributed by atoms with Gasteiger partial charge in [-0.25, -0.2) is 4.98 Å². The number of rotatable bonds is 9. The maximum Gasteiger partial charge on any atom is 0.328 e. The molecule has 5 rings (SSSR count). The number of ether oxygens (including phenoxy) is 1. The Hall–Kier alpha value is -3.29. The molecule has 0 bridgehead atoms. The summed E-state index contributed by atoms with van der Waals surface area (Å²) in [6, 6.07) is 4.43. The lowest BCUT2D eigenvalue weighted by Gasteiger charge is -2.32. The molecule has 3 heterocycles. The van der Waals surface area contributed by atoms with Crippen molar-refractivity contribution in [3.63, 3.8) is 0 Å². The van der Waals surface area contributed by atoms with Crippen LogP contribution in [0.2, 0.25) is 0 Å². The molecular weight excluding hydrogens is 452 g/mol. The maximum absolute atomic E-state index is 11.1. The van der Waals surface area contributed by atoms with Crippen molar-refractivity contribution in [2.45, 2.75) is 84.7 Å². The SMILES string of the molecule is CC1=CCC(Cn2c(-c3cc(C(C)C)ccn3)nc3nc(OC=O)nc(N[C@H](C)C4CCC4)c32)CC1. The van der Waals surface area contributed by atoms with Crippen LogP contribution >= 0.6 is 0 Å². The van der Waals surface area contributed by atoms with Crippen LogP contribution < -0.4 is 10.1 Å². The summed E-state index contributed by atoms with van der Waals surface area (Å²) in [4.78, 5) is 29.9. The van der Waals surface area contributed by atoms with Crippen LogP contribution in [-0.2, 0) is 11.3 Å². The van der Waals surface area contributed by atoms with Crippen molar-refractivity contribution >= 4 is 23.5 Å². The Morgan fingerprint density at radius 3 is 2.69 bits per heavy atom. The molecule has 190 valence electrons. The predicted octanol–water partition coefficient (Wildman–Crippen LogP) is 5.89. The van der Waals surface area contributed by atoms with Crippen molar-refractivity contribution in [2.24, 2.45) is 11.8 Å². The zero-order valence-electron chi connectivity index (χ0n) is 21.7. The minimum Gasteiger partial charge on any atom is -0.393 e. The standard InChI is InChI=1S/C28H36N6O2/c1-17(2)22-12-13-29-23(14-22)27-31-26-24(34(27)15-20-10-8-18(3)9-11-20)25(32-28(33-26)36-16-35)30-19(4)21-6-5-7-21/h8,12-14,16-17,19-21H,5-7,9-11,15H2,1-4H3,(H,30,32,33)/t19-,20?/m1/s1. The molecule has 2 aliphatic carbocycles. The molecule has 0 aromatic carbocycles. The maximum atomic E-state index is 11.1. The van der Waals surface area contributed by atoms with E-state index in [1.807, 2.05) is 6.20 Å². The van der Waals surface area contributed by atoms with E-state index in [0.29, 0.717) is 35.7 Å². The zero-order chi connectivity index (χ0) is 25.2. The molecule has 0 amide bonds. The van der Waals surface area contributed by atoms with Crippen LogP contribution in [-0.4, -0.2) is 37.0 Å². The fourth-order valence-electron chi connectivity index (χ4n) is 5.23. The molecule has 0 spiro atoms. The number of pyridine rings is 1. The van der Waals surface area contributed by atoms with Crippen LogP contribution in [0.25, 0.3) is 22.7 Å². The lowest BCUT2D eigenvalue weighted by molar-refractivity contribution is -0.121. The van der Waals surface area contributed by atoms with E-state index >= 15 is 0 Å². The number of carbonyl (C=O) groups is 1. The minimum atomic E-state index is 0.0112. The number of imidazole rings is 1. The molecule has 8 heteroatoms. The van der Waals surface area contributed by atoms with Gasteiger partial charge in [-0.3, -0.25) is 9.78 Å². The number of nitrogens with one attached hydrogen (secondary N) is 1. The van der Waals surface area contributed by atoms with Crippen LogP contribution in [0.1, 0.15) is 77.7 Å². The van der Waals surface area contributed by atoms with Crippen LogP contribution in [0.5, 0.6) is 6.01 Å². The number of carbonyl (C=O) groups excluding carboxylic acids is 1. The molecule has 3 aromatic heterocycles.